The fourth-order valence-corrected chi connectivity index (χ4v) is 4.84. The topological polar surface area (TPSA) is 81.1 Å². The number of anilines is 1. The molecule has 0 aliphatic heterocycles. The lowest BCUT2D eigenvalue weighted by Crippen LogP contribution is -2.33. The van der Waals surface area contributed by atoms with Crippen molar-refractivity contribution in [1.29, 1.82) is 0 Å². The van der Waals surface area contributed by atoms with Crippen LogP contribution in [-0.4, -0.2) is 36.1 Å². The Kier molecular flexibility index (Phi) is 12.6. The molecule has 1 unspecified atom stereocenters. The van der Waals surface area contributed by atoms with Crippen LogP contribution in [0.15, 0.2) is 60.7 Å². The van der Waals surface area contributed by atoms with E-state index in [1.165, 1.54) is 37.7 Å². The Morgan fingerprint density at radius 1 is 0.784 bits per heavy atom. The Labute approximate surface area is 224 Å². The van der Waals surface area contributed by atoms with Crippen molar-refractivity contribution in [3.8, 4) is 11.3 Å². The van der Waals surface area contributed by atoms with Crippen LogP contribution in [0.2, 0.25) is 0 Å². The van der Waals surface area contributed by atoms with E-state index in [4.69, 9.17) is 21.4 Å². The van der Waals surface area contributed by atoms with Gasteiger partial charge >= 0.3 is 0 Å². The van der Waals surface area contributed by atoms with Crippen LogP contribution in [0.4, 0.5) is 5.69 Å². The quantitative estimate of drug-likeness (QED) is 0.206. The molecule has 4 N–H and O–H groups in total. The number of hydrogen-bond acceptors (Lipinski definition) is 5. The summed E-state index contributed by atoms with van der Waals surface area (Å²) in [6.07, 6.45) is 10.7. The molecule has 200 valence electrons. The van der Waals surface area contributed by atoms with E-state index in [1.54, 1.807) is 0 Å². The van der Waals surface area contributed by atoms with Crippen molar-refractivity contribution in [2.24, 2.45) is 11.5 Å². The second kappa shape index (κ2) is 16.2. The number of nitrogens with zero attached hydrogens (tertiary/aromatic N) is 3. The average Bonchev–Trinajstić information content (AvgIpc) is 2.93. The second-order valence-corrected chi connectivity index (χ2v) is 10.2. The van der Waals surface area contributed by atoms with Gasteiger partial charge in [0.25, 0.3) is 0 Å². The molecule has 2 aromatic carbocycles. The molecule has 3 aromatic rings. The number of unbranched alkanes of at least 4 members (excludes halogenated alkanes) is 4. The zero-order valence-electron chi connectivity index (χ0n) is 23.0. The monoisotopic (exact) mass is 501 g/mol. The largest absolute Gasteiger partial charge is 0.369 e. The second-order valence-electron chi connectivity index (χ2n) is 10.2. The predicted octanol–water partition coefficient (Wildman–Crippen LogP) is 6.51. The van der Waals surface area contributed by atoms with E-state index in [0.29, 0.717) is 19.0 Å². The highest BCUT2D eigenvalue weighted by Gasteiger charge is 2.14. The number of rotatable bonds is 17. The first-order chi connectivity index (χ1) is 18.1. The molecule has 1 aromatic heterocycles. The summed E-state index contributed by atoms with van der Waals surface area (Å²) < 4.78 is 0. The van der Waals surface area contributed by atoms with Gasteiger partial charge in [-0.3, -0.25) is 0 Å². The third-order valence-electron chi connectivity index (χ3n) is 7.05. The fraction of sp³-hybridized carbons (Fsp3) is 0.500. The Morgan fingerprint density at radius 3 is 2.16 bits per heavy atom. The summed E-state index contributed by atoms with van der Waals surface area (Å²) in [4.78, 5) is 12.4. The van der Waals surface area contributed by atoms with E-state index in [1.807, 2.05) is 0 Å². The van der Waals surface area contributed by atoms with E-state index in [9.17, 15) is 0 Å². The van der Waals surface area contributed by atoms with E-state index >= 15 is 0 Å². The van der Waals surface area contributed by atoms with E-state index in [2.05, 4.69) is 79.4 Å². The Morgan fingerprint density at radius 2 is 1.49 bits per heavy atom. The van der Waals surface area contributed by atoms with Crippen LogP contribution in [0.3, 0.4) is 0 Å². The number of aromatic nitrogens is 2. The van der Waals surface area contributed by atoms with Crippen LogP contribution in [-0.2, 0) is 12.8 Å². The van der Waals surface area contributed by atoms with E-state index < -0.39 is 0 Å². The third kappa shape index (κ3) is 9.56. The first-order valence-corrected chi connectivity index (χ1v) is 14.3. The molecule has 5 heteroatoms. The highest BCUT2D eigenvalue weighted by Crippen LogP contribution is 2.26. The van der Waals surface area contributed by atoms with Gasteiger partial charge in [-0.1, -0.05) is 88.4 Å². The summed E-state index contributed by atoms with van der Waals surface area (Å²) in [5.41, 5.74) is 17.5. The molecule has 1 heterocycles. The van der Waals surface area contributed by atoms with Crippen molar-refractivity contribution in [2.75, 3.05) is 31.1 Å². The molecular weight excluding hydrogens is 454 g/mol. The summed E-state index contributed by atoms with van der Waals surface area (Å²) in [7, 11) is 0. The highest BCUT2D eigenvalue weighted by molar-refractivity contribution is 5.63. The molecule has 3 rings (SSSR count). The summed E-state index contributed by atoms with van der Waals surface area (Å²) in [6, 6.07) is 21.6. The summed E-state index contributed by atoms with van der Waals surface area (Å²) in [5, 5.41) is 0. The standard InChI is InChI=1S/C32H47N5/c1-3-4-5-6-8-12-26(2)32-35-29(16-11-15-27-13-9-7-10-14-27)25-31(36-32)28-17-19-30(20-18-28)37(23-21-33)24-22-34/h7,9-10,13-14,17-20,25-26H,3-6,8,11-12,15-16,21-24,33-34H2,1-2H3. The molecule has 1 atom stereocenters. The van der Waals surface area contributed by atoms with Crippen LogP contribution < -0.4 is 16.4 Å². The van der Waals surface area contributed by atoms with Gasteiger partial charge in [-0.15, -0.1) is 0 Å². The molecule has 0 saturated carbocycles. The third-order valence-corrected chi connectivity index (χ3v) is 7.05. The molecule has 0 bridgehead atoms. The van der Waals surface area contributed by atoms with Gasteiger partial charge in [0.15, 0.2) is 0 Å². The van der Waals surface area contributed by atoms with Gasteiger partial charge in [0.05, 0.1) is 5.69 Å². The number of nitrogens with two attached hydrogens (primary N) is 2. The maximum atomic E-state index is 5.82. The molecule has 0 amide bonds. The maximum Gasteiger partial charge on any atom is 0.132 e. The van der Waals surface area contributed by atoms with Gasteiger partial charge in [0.2, 0.25) is 0 Å². The Hall–Kier alpha value is -2.76. The first-order valence-electron chi connectivity index (χ1n) is 14.3. The van der Waals surface area contributed by atoms with Crippen molar-refractivity contribution >= 4 is 5.69 Å². The first kappa shape index (κ1) is 28.8. The molecule has 0 saturated heterocycles. The van der Waals surface area contributed by atoms with Gasteiger partial charge < -0.3 is 16.4 Å². The number of aryl methyl sites for hydroxylation is 2. The van der Waals surface area contributed by atoms with Gasteiger partial charge in [-0.2, -0.15) is 0 Å². The van der Waals surface area contributed by atoms with Gasteiger partial charge in [-0.05, 0) is 49.4 Å². The van der Waals surface area contributed by atoms with Gasteiger partial charge in [-0.25, -0.2) is 9.97 Å². The van der Waals surface area contributed by atoms with Crippen LogP contribution in [0.1, 0.15) is 81.8 Å². The van der Waals surface area contributed by atoms with Crippen molar-refractivity contribution in [3.63, 3.8) is 0 Å². The highest BCUT2D eigenvalue weighted by atomic mass is 15.1. The Bertz CT molecular complexity index is 1010. The van der Waals surface area contributed by atoms with Crippen LogP contribution in [0, 0.1) is 0 Å². The zero-order valence-corrected chi connectivity index (χ0v) is 23.0. The molecule has 0 radical (unpaired) electrons. The minimum Gasteiger partial charge on any atom is -0.369 e. The maximum absolute atomic E-state index is 5.82. The van der Waals surface area contributed by atoms with Crippen molar-refractivity contribution in [2.45, 2.75) is 77.6 Å². The van der Waals surface area contributed by atoms with E-state index in [-0.39, 0.29) is 0 Å². The van der Waals surface area contributed by atoms with E-state index in [0.717, 1.165) is 67.2 Å². The smallest absolute Gasteiger partial charge is 0.132 e. The van der Waals surface area contributed by atoms with Crippen molar-refractivity contribution in [3.05, 3.63) is 77.7 Å². The summed E-state index contributed by atoms with van der Waals surface area (Å²) in [5.74, 6) is 1.35. The SMILES string of the molecule is CCCCCCCC(C)c1nc(CCCc2ccccc2)cc(-c2ccc(N(CCN)CCN)cc2)n1. The molecule has 37 heavy (non-hydrogen) atoms. The summed E-state index contributed by atoms with van der Waals surface area (Å²) >= 11 is 0. The lowest BCUT2D eigenvalue weighted by Gasteiger charge is -2.23. The molecule has 0 spiro atoms. The fourth-order valence-electron chi connectivity index (χ4n) is 4.84. The number of hydrogen-bond donors (Lipinski definition) is 2. The normalized spacial score (nSPS) is 12.0. The van der Waals surface area contributed by atoms with Crippen LogP contribution >= 0.6 is 0 Å². The average molecular weight is 502 g/mol. The number of benzene rings is 2. The minimum atomic E-state index is 0.360. The molecule has 0 aliphatic carbocycles. The van der Waals surface area contributed by atoms with Crippen molar-refractivity contribution in [1.82, 2.24) is 9.97 Å². The Balaban J connectivity index is 1.77. The lowest BCUT2D eigenvalue weighted by atomic mass is 10.00. The molecular formula is C32H47N5. The summed E-state index contributed by atoms with van der Waals surface area (Å²) in [6.45, 7) is 7.37. The van der Waals surface area contributed by atoms with Crippen LogP contribution in [0.5, 0.6) is 0 Å². The zero-order chi connectivity index (χ0) is 26.3. The van der Waals surface area contributed by atoms with Crippen LogP contribution in [0.25, 0.3) is 11.3 Å². The molecule has 5 nitrogen and oxygen atoms in total. The molecule has 0 aliphatic rings. The minimum absolute atomic E-state index is 0.360. The van der Waals surface area contributed by atoms with Crippen molar-refractivity contribution < 1.29 is 0 Å². The van der Waals surface area contributed by atoms with Gasteiger partial charge in [0.1, 0.15) is 5.82 Å². The molecule has 0 fully saturated rings. The lowest BCUT2D eigenvalue weighted by molar-refractivity contribution is 0.550. The predicted molar refractivity (Wildman–Crippen MR) is 158 cm³/mol. The van der Waals surface area contributed by atoms with Gasteiger partial charge in [0, 0.05) is 49.0 Å².